The number of hydrogen-bond acceptors (Lipinski definition) is 2. The van der Waals surface area contributed by atoms with Crippen LogP contribution >= 0.6 is 0 Å². The van der Waals surface area contributed by atoms with Crippen LogP contribution in [0.1, 0.15) is 5.56 Å². The summed E-state index contributed by atoms with van der Waals surface area (Å²) in [5, 5.41) is 10.3. The number of pyridine rings is 1. The fourth-order valence-electron chi connectivity index (χ4n) is 0.704. The summed E-state index contributed by atoms with van der Waals surface area (Å²) in [7, 11) is 3.56. The van der Waals surface area contributed by atoms with E-state index in [1.807, 2.05) is 0 Å². The smallest absolute Gasteiger partial charge is 0.197 e. The summed E-state index contributed by atoms with van der Waals surface area (Å²) in [4.78, 5) is 3.98. The third kappa shape index (κ3) is 1.52. The van der Waals surface area contributed by atoms with Crippen molar-refractivity contribution in [2.45, 2.75) is 6.61 Å². The van der Waals surface area contributed by atoms with Crippen molar-refractivity contribution in [1.29, 1.82) is 0 Å². The largest absolute Gasteiger partial charge is 0.429 e. The SMILES string of the molecule is [CH2-][NH2+]c1cc(CO)ccn1. The molecule has 3 heteroatoms. The van der Waals surface area contributed by atoms with Crippen molar-refractivity contribution in [3.8, 4) is 0 Å². The van der Waals surface area contributed by atoms with Gasteiger partial charge in [-0.15, -0.1) is 7.05 Å². The van der Waals surface area contributed by atoms with E-state index in [0.717, 1.165) is 11.4 Å². The lowest BCUT2D eigenvalue weighted by Gasteiger charge is -1.98. The number of rotatable bonds is 2. The summed E-state index contributed by atoms with van der Waals surface area (Å²) in [5.41, 5.74) is 0.866. The van der Waals surface area contributed by atoms with Crippen LogP contribution in [0.25, 0.3) is 0 Å². The second-order valence-corrected chi connectivity index (χ2v) is 1.95. The van der Waals surface area contributed by atoms with E-state index < -0.39 is 0 Å². The topological polar surface area (TPSA) is 49.7 Å². The third-order valence-corrected chi connectivity index (χ3v) is 1.24. The molecule has 0 amide bonds. The predicted octanol–water partition coefficient (Wildman–Crippen LogP) is -0.440. The molecule has 0 unspecified atom stereocenters. The average Bonchev–Trinajstić information content (AvgIpc) is 2.05. The Hall–Kier alpha value is -0.930. The Morgan fingerprint density at radius 2 is 2.50 bits per heavy atom. The second kappa shape index (κ2) is 3.29. The Balaban J connectivity index is 2.87. The molecule has 0 spiro atoms. The standard InChI is InChI=1S/C7H10N2O/c1-8-7-4-6(5-10)2-3-9-7/h2-4,10H,1,5,8H2. The Kier molecular flexibility index (Phi) is 2.36. The highest BCUT2D eigenvalue weighted by molar-refractivity contribution is 5.23. The van der Waals surface area contributed by atoms with E-state index in [0.29, 0.717) is 0 Å². The number of quaternary nitrogens is 1. The molecule has 0 aliphatic carbocycles. The Morgan fingerprint density at radius 1 is 1.70 bits per heavy atom. The lowest BCUT2D eigenvalue weighted by molar-refractivity contribution is -0.508. The molecule has 1 aromatic rings. The third-order valence-electron chi connectivity index (χ3n) is 1.24. The second-order valence-electron chi connectivity index (χ2n) is 1.95. The molecule has 0 saturated heterocycles. The van der Waals surface area contributed by atoms with Gasteiger partial charge in [0, 0.05) is 12.3 Å². The van der Waals surface area contributed by atoms with Crippen molar-refractivity contribution < 1.29 is 10.4 Å². The molecule has 3 N–H and O–H groups in total. The molecule has 1 rings (SSSR count). The molecule has 1 heterocycles. The Labute approximate surface area is 59.7 Å². The van der Waals surface area contributed by atoms with Gasteiger partial charge in [-0.2, -0.15) is 0 Å². The Morgan fingerprint density at radius 3 is 3.10 bits per heavy atom. The molecular weight excluding hydrogens is 128 g/mol. The molecule has 10 heavy (non-hydrogen) atoms. The van der Waals surface area contributed by atoms with Crippen LogP contribution < -0.4 is 5.32 Å². The Bertz CT molecular complexity index is 193. The number of nitrogens with zero attached hydrogens (tertiary/aromatic N) is 1. The molecule has 0 atom stereocenters. The van der Waals surface area contributed by atoms with Crippen LogP contribution in [0.3, 0.4) is 0 Å². The minimum atomic E-state index is 0.0589. The van der Waals surface area contributed by atoms with E-state index in [-0.39, 0.29) is 6.61 Å². The van der Waals surface area contributed by atoms with Gasteiger partial charge in [0.1, 0.15) is 0 Å². The summed E-state index contributed by atoms with van der Waals surface area (Å²) in [6.07, 6.45) is 1.66. The van der Waals surface area contributed by atoms with Crippen LogP contribution in [0.2, 0.25) is 0 Å². The van der Waals surface area contributed by atoms with Crippen molar-refractivity contribution in [3.63, 3.8) is 0 Å². The molecule has 54 valence electrons. The van der Waals surface area contributed by atoms with Crippen molar-refractivity contribution in [3.05, 3.63) is 30.9 Å². The molecule has 0 fully saturated rings. The first kappa shape index (κ1) is 7.18. The monoisotopic (exact) mass is 138 g/mol. The predicted molar refractivity (Wildman–Crippen MR) is 37.1 cm³/mol. The van der Waals surface area contributed by atoms with Crippen molar-refractivity contribution in [2.75, 3.05) is 0 Å². The lowest BCUT2D eigenvalue weighted by atomic mass is 10.3. The summed E-state index contributed by atoms with van der Waals surface area (Å²) >= 11 is 0. The van der Waals surface area contributed by atoms with Gasteiger partial charge in [0.05, 0.1) is 6.61 Å². The van der Waals surface area contributed by atoms with E-state index in [1.54, 1.807) is 23.6 Å². The first-order valence-corrected chi connectivity index (χ1v) is 3.05. The zero-order valence-electron chi connectivity index (χ0n) is 5.62. The molecule has 0 aliphatic rings. The number of aliphatic hydroxyl groups excluding tert-OH is 1. The number of aromatic nitrogens is 1. The molecule has 0 saturated carbocycles. The number of aliphatic hydroxyl groups is 1. The van der Waals surface area contributed by atoms with Crippen LogP contribution in [0, 0.1) is 7.05 Å². The van der Waals surface area contributed by atoms with Gasteiger partial charge >= 0.3 is 0 Å². The van der Waals surface area contributed by atoms with Crippen LogP contribution in [-0.2, 0) is 6.61 Å². The van der Waals surface area contributed by atoms with Gasteiger partial charge in [-0.25, -0.2) is 4.98 Å². The number of nitrogens with two attached hydrogens (primary N) is 1. The fraction of sp³-hybridized carbons (Fsp3) is 0.143. The zero-order valence-corrected chi connectivity index (χ0v) is 5.62. The fourth-order valence-corrected chi connectivity index (χ4v) is 0.704. The van der Waals surface area contributed by atoms with Gasteiger partial charge in [-0.05, 0) is 11.6 Å². The summed E-state index contributed by atoms with van der Waals surface area (Å²) in [5.74, 6) is 0.798. The molecule has 1 aromatic heterocycles. The summed E-state index contributed by atoms with van der Waals surface area (Å²) in [6.45, 7) is 0.0589. The zero-order chi connectivity index (χ0) is 7.40. The van der Waals surface area contributed by atoms with Crippen LogP contribution in [-0.4, -0.2) is 10.1 Å². The van der Waals surface area contributed by atoms with E-state index in [9.17, 15) is 0 Å². The molecule has 0 aromatic carbocycles. The van der Waals surface area contributed by atoms with Gasteiger partial charge in [-0.3, -0.25) is 0 Å². The van der Waals surface area contributed by atoms with Gasteiger partial charge < -0.3 is 10.4 Å². The van der Waals surface area contributed by atoms with Crippen molar-refractivity contribution in [2.24, 2.45) is 0 Å². The van der Waals surface area contributed by atoms with Crippen LogP contribution in [0.5, 0.6) is 0 Å². The lowest BCUT2D eigenvalue weighted by Crippen LogP contribution is -2.70. The van der Waals surface area contributed by atoms with Crippen molar-refractivity contribution >= 4 is 5.82 Å². The maximum absolute atomic E-state index is 8.70. The summed E-state index contributed by atoms with van der Waals surface area (Å²) in [6, 6.07) is 3.57. The molecule has 3 nitrogen and oxygen atoms in total. The van der Waals surface area contributed by atoms with E-state index >= 15 is 0 Å². The molecule has 0 bridgehead atoms. The first-order valence-electron chi connectivity index (χ1n) is 3.05. The maximum atomic E-state index is 8.70. The average molecular weight is 138 g/mol. The van der Waals surface area contributed by atoms with Gasteiger partial charge in [0.25, 0.3) is 0 Å². The van der Waals surface area contributed by atoms with E-state index in [1.165, 1.54) is 0 Å². The highest BCUT2D eigenvalue weighted by Gasteiger charge is 1.92. The molecular formula is C7H10N2O. The van der Waals surface area contributed by atoms with Gasteiger partial charge in [0.15, 0.2) is 5.82 Å². The minimum absolute atomic E-state index is 0.0589. The van der Waals surface area contributed by atoms with Gasteiger partial charge in [0.2, 0.25) is 0 Å². The van der Waals surface area contributed by atoms with Crippen LogP contribution in [0.4, 0.5) is 5.82 Å². The number of hydrogen-bond donors (Lipinski definition) is 2. The maximum Gasteiger partial charge on any atom is 0.197 e. The minimum Gasteiger partial charge on any atom is -0.429 e. The molecule has 0 aliphatic heterocycles. The molecule has 0 radical (unpaired) electrons. The van der Waals surface area contributed by atoms with Gasteiger partial charge in [-0.1, -0.05) is 0 Å². The van der Waals surface area contributed by atoms with E-state index in [2.05, 4.69) is 12.0 Å². The first-order chi connectivity index (χ1) is 4.86. The highest BCUT2D eigenvalue weighted by atomic mass is 16.3. The normalized spacial score (nSPS) is 9.80. The quantitative estimate of drug-likeness (QED) is 0.544. The van der Waals surface area contributed by atoms with Crippen molar-refractivity contribution in [1.82, 2.24) is 4.98 Å². The summed E-state index contributed by atoms with van der Waals surface area (Å²) < 4.78 is 0. The van der Waals surface area contributed by atoms with Crippen LogP contribution in [0.15, 0.2) is 18.3 Å². The van der Waals surface area contributed by atoms with E-state index in [4.69, 9.17) is 5.11 Å². The highest BCUT2D eigenvalue weighted by Crippen LogP contribution is 2.00.